The molecule has 0 aromatic heterocycles. The fraction of sp³-hybridized carbons (Fsp3) is 1.00. The molecule has 0 saturated carbocycles. The van der Waals surface area contributed by atoms with E-state index in [1.54, 1.807) is 0 Å². The molecule has 0 bridgehead atoms. The predicted octanol–water partition coefficient (Wildman–Crippen LogP) is 24.1. The third-order valence-corrected chi connectivity index (χ3v) is 15.9. The summed E-state index contributed by atoms with van der Waals surface area (Å²) in [5.41, 5.74) is 0. The first-order chi connectivity index (χ1) is 37.4. The van der Waals surface area contributed by atoms with Crippen LogP contribution in [0.3, 0.4) is 0 Å². The molecular formula is C72H156N4. The third-order valence-electron chi connectivity index (χ3n) is 15.9. The minimum absolute atomic E-state index is 1.35. The van der Waals surface area contributed by atoms with Gasteiger partial charge in [0.15, 0.2) is 0 Å². The van der Waals surface area contributed by atoms with Crippen LogP contribution in [0.4, 0.5) is 0 Å². The van der Waals surface area contributed by atoms with Gasteiger partial charge in [0.2, 0.25) is 0 Å². The predicted molar refractivity (Wildman–Crippen MR) is 355 cm³/mol. The van der Waals surface area contributed by atoms with Gasteiger partial charge in [-0.25, -0.2) is 0 Å². The van der Waals surface area contributed by atoms with Gasteiger partial charge < -0.3 is 19.6 Å². The second-order valence-corrected chi connectivity index (χ2v) is 24.1. The van der Waals surface area contributed by atoms with Crippen LogP contribution in [-0.2, 0) is 0 Å². The van der Waals surface area contributed by atoms with Crippen molar-refractivity contribution in [1.82, 2.24) is 19.6 Å². The van der Waals surface area contributed by atoms with E-state index < -0.39 is 0 Å². The zero-order chi connectivity index (χ0) is 56.7. The molecule has 4 heteroatoms. The van der Waals surface area contributed by atoms with Gasteiger partial charge in [0.1, 0.15) is 0 Å². The largest absolute Gasteiger partial charge is 0.303 e. The highest BCUT2D eigenvalue weighted by molar-refractivity contribution is 4.64. The summed E-state index contributed by atoms with van der Waals surface area (Å²) in [6, 6.07) is 0. The molecule has 0 atom stereocenters. The molecule has 0 aromatic carbocycles. The van der Waals surface area contributed by atoms with E-state index in [1.807, 2.05) is 0 Å². The first-order valence-electron chi connectivity index (χ1n) is 36.3. The lowest BCUT2D eigenvalue weighted by atomic mass is 10.1. The van der Waals surface area contributed by atoms with E-state index in [2.05, 4.69) is 103 Å². The molecule has 0 fully saturated rings. The van der Waals surface area contributed by atoms with Gasteiger partial charge in [-0.15, -0.1) is 0 Å². The summed E-state index contributed by atoms with van der Waals surface area (Å²) in [6.07, 6.45) is 67.3. The highest BCUT2D eigenvalue weighted by atomic mass is 15.1. The molecule has 0 unspecified atom stereocenters. The zero-order valence-electron chi connectivity index (χ0n) is 56.2. The number of hydrogen-bond acceptors (Lipinski definition) is 4. The summed E-state index contributed by atoms with van der Waals surface area (Å²) in [5, 5.41) is 0. The van der Waals surface area contributed by atoms with Crippen molar-refractivity contribution in [2.75, 3.05) is 78.5 Å². The molecule has 0 amide bonds. The Bertz CT molecular complexity index is 653. The van der Waals surface area contributed by atoms with E-state index in [-0.39, 0.29) is 0 Å². The van der Waals surface area contributed by atoms with Gasteiger partial charge in [-0.2, -0.15) is 0 Å². The van der Waals surface area contributed by atoms with Crippen LogP contribution in [0.2, 0.25) is 0 Å². The maximum absolute atomic E-state index is 2.74. The summed E-state index contributed by atoms with van der Waals surface area (Å²) < 4.78 is 0. The van der Waals surface area contributed by atoms with Crippen LogP contribution >= 0.6 is 0 Å². The van der Waals surface area contributed by atoms with Crippen molar-refractivity contribution in [3.8, 4) is 0 Å². The molecule has 0 rings (SSSR count). The van der Waals surface area contributed by atoms with E-state index in [1.165, 1.54) is 387 Å². The minimum atomic E-state index is 1.35. The Balaban J connectivity index is -0.000000455. The molecule has 0 heterocycles. The van der Waals surface area contributed by atoms with Crippen molar-refractivity contribution in [3.63, 3.8) is 0 Å². The summed E-state index contributed by atoms with van der Waals surface area (Å²) in [4.78, 5) is 10.9. The van der Waals surface area contributed by atoms with Crippen LogP contribution in [0, 0.1) is 0 Å². The average molecular weight is 1080 g/mol. The van der Waals surface area contributed by atoms with Crippen LogP contribution < -0.4 is 0 Å². The second-order valence-electron chi connectivity index (χ2n) is 24.1. The quantitative estimate of drug-likeness (QED) is 0.0563. The molecule has 4 nitrogen and oxygen atoms in total. The SMILES string of the molecule is CCCCCCN(CCCCCC)CCCCCC.CCCCCCN(CCCCCC)CCCCCC.CCCCCCN(CCCCCC)CCCCCC.CCCCCCN(CCCCCC)CCCCCC. The Hall–Kier alpha value is -0.160. The molecule has 0 saturated heterocycles. The number of hydrogen-bond donors (Lipinski definition) is 0. The highest BCUT2D eigenvalue weighted by Crippen LogP contribution is 2.13. The van der Waals surface area contributed by atoms with E-state index >= 15 is 0 Å². The van der Waals surface area contributed by atoms with Gasteiger partial charge >= 0.3 is 0 Å². The number of rotatable bonds is 60. The van der Waals surface area contributed by atoms with Crippen LogP contribution in [0.25, 0.3) is 0 Å². The lowest BCUT2D eigenvalue weighted by molar-refractivity contribution is 0.255. The molecule has 76 heavy (non-hydrogen) atoms. The standard InChI is InChI=1S/4C18H39N/c4*1-4-7-10-13-16-19(17-14-11-8-5-2)18-15-12-9-6-3/h4*4-18H2,1-3H3. The zero-order valence-corrected chi connectivity index (χ0v) is 56.2. The Morgan fingerprint density at radius 2 is 0.184 bits per heavy atom. The van der Waals surface area contributed by atoms with E-state index in [0.29, 0.717) is 0 Å². The molecule has 0 aliphatic carbocycles. The summed E-state index contributed by atoms with van der Waals surface area (Å²) in [6.45, 7) is 43.7. The van der Waals surface area contributed by atoms with Gasteiger partial charge in [-0.05, 0) is 156 Å². The summed E-state index contributed by atoms with van der Waals surface area (Å²) in [5.74, 6) is 0. The molecular weight excluding hydrogens is 921 g/mol. The van der Waals surface area contributed by atoms with E-state index in [4.69, 9.17) is 0 Å². The molecule has 0 spiro atoms. The fourth-order valence-corrected chi connectivity index (χ4v) is 10.5. The van der Waals surface area contributed by atoms with Gasteiger partial charge in [0, 0.05) is 0 Å². The minimum Gasteiger partial charge on any atom is -0.303 e. The summed E-state index contributed by atoms with van der Waals surface area (Å²) >= 11 is 0. The molecule has 0 N–H and O–H groups in total. The van der Waals surface area contributed by atoms with Crippen LogP contribution in [0.15, 0.2) is 0 Å². The van der Waals surface area contributed by atoms with Crippen molar-refractivity contribution in [3.05, 3.63) is 0 Å². The van der Waals surface area contributed by atoms with Crippen molar-refractivity contribution in [1.29, 1.82) is 0 Å². The molecule has 0 aromatic rings. The Labute approximate surface area is 487 Å². The molecule has 0 aliphatic heterocycles. The monoisotopic (exact) mass is 1080 g/mol. The van der Waals surface area contributed by atoms with Gasteiger partial charge in [-0.3, -0.25) is 0 Å². The van der Waals surface area contributed by atoms with Gasteiger partial charge in [0.05, 0.1) is 0 Å². The van der Waals surface area contributed by atoms with Gasteiger partial charge in [0.25, 0.3) is 0 Å². The first-order valence-corrected chi connectivity index (χ1v) is 36.3. The number of unbranched alkanes of at least 4 members (excludes halogenated alkanes) is 36. The highest BCUT2D eigenvalue weighted by Gasteiger charge is 2.08. The smallest absolute Gasteiger partial charge is 0.00187 e. The normalized spacial score (nSPS) is 11.4. The Morgan fingerprint density at radius 1 is 0.105 bits per heavy atom. The third kappa shape index (κ3) is 75.9. The Morgan fingerprint density at radius 3 is 0.250 bits per heavy atom. The Kier molecular flexibility index (Phi) is 85.6. The average Bonchev–Trinajstić information content (AvgIpc) is 3.43. The van der Waals surface area contributed by atoms with E-state index in [9.17, 15) is 0 Å². The van der Waals surface area contributed by atoms with Crippen molar-refractivity contribution in [2.45, 2.75) is 391 Å². The lowest BCUT2D eigenvalue weighted by Gasteiger charge is -2.22. The van der Waals surface area contributed by atoms with Crippen molar-refractivity contribution in [2.24, 2.45) is 0 Å². The van der Waals surface area contributed by atoms with Gasteiger partial charge in [-0.1, -0.05) is 314 Å². The molecule has 464 valence electrons. The van der Waals surface area contributed by atoms with Crippen LogP contribution in [0.1, 0.15) is 391 Å². The number of nitrogens with zero attached hydrogens (tertiary/aromatic N) is 4. The molecule has 0 radical (unpaired) electrons. The summed E-state index contributed by atoms with van der Waals surface area (Å²) in [7, 11) is 0. The maximum Gasteiger partial charge on any atom is -0.00187 e. The van der Waals surface area contributed by atoms with E-state index in [0.717, 1.165) is 0 Å². The second kappa shape index (κ2) is 79.1. The fourth-order valence-electron chi connectivity index (χ4n) is 10.5. The maximum atomic E-state index is 2.74. The van der Waals surface area contributed by atoms with Crippen molar-refractivity contribution >= 4 is 0 Å². The van der Waals surface area contributed by atoms with Crippen LogP contribution in [0.5, 0.6) is 0 Å². The first kappa shape index (κ1) is 82.3. The van der Waals surface area contributed by atoms with Crippen molar-refractivity contribution < 1.29 is 0 Å². The lowest BCUT2D eigenvalue weighted by Crippen LogP contribution is -2.27. The molecule has 0 aliphatic rings. The topological polar surface area (TPSA) is 13.0 Å². The van der Waals surface area contributed by atoms with Crippen LogP contribution in [-0.4, -0.2) is 98.1 Å².